The molecule has 0 radical (unpaired) electrons. The quantitative estimate of drug-likeness (QED) is 0.837. The number of rotatable bonds is 3. The van der Waals surface area contributed by atoms with Crippen molar-refractivity contribution in [2.75, 3.05) is 22.5 Å². The molecular formula is C19H22FN3O. The first-order chi connectivity index (χ1) is 11.5. The summed E-state index contributed by atoms with van der Waals surface area (Å²) in [6.45, 7) is 3.14. The van der Waals surface area contributed by atoms with Gasteiger partial charge in [0.05, 0.1) is 11.4 Å². The molecule has 1 saturated heterocycles. The summed E-state index contributed by atoms with van der Waals surface area (Å²) < 4.78 is 13.3. The first kappa shape index (κ1) is 16.3. The highest BCUT2D eigenvalue weighted by atomic mass is 19.1. The zero-order valence-electron chi connectivity index (χ0n) is 13.8. The summed E-state index contributed by atoms with van der Waals surface area (Å²) in [5.74, 6) is -0.772. The normalized spacial score (nSPS) is 17.6. The summed E-state index contributed by atoms with van der Waals surface area (Å²) in [4.78, 5) is 14.8. The van der Waals surface area contributed by atoms with Gasteiger partial charge in [0.15, 0.2) is 0 Å². The van der Waals surface area contributed by atoms with Crippen molar-refractivity contribution in [3.8, 4) is 0 Å². The number of hydrogen-bond acceptors (Lipinski definition) is 3. The Balaban J connectivity index is 1.89. The van der Waals surface area contributed by atoms with Crippen LogP contribution >= 0.6 is 0 Å². The molecule has 1 fully saturated rings. The van der Waals surface area contributed by atoms with E-state index in [-0.39, 0.29) is 11.5 Å². The third-order valence-corrected chi connectivity index (χ3v) is 4.47. The molecule has 1 atom stereocenters. The van der Waals surface area contributed by atoms with Crippen LogP contribution in [0.25, 0.3) is 0 Å². The van der Waals surface area contributed by atoms with Gasteiger partial charge in [-0.25, -0.2) is 4.39 Å². The first-order valence-electron chi connectivity index (χ1n) is 8.27. The maximum absolute atomic E-state index is 13.3. The predicted octanol–water partition coefficient (Wildman–Crippen LogP) is 4.04. The van der Waals surface area contributed by atoms with Crippen molar-refractivity contribution in [2.24, 2.45) is 0 Å². The van der Waals surface area contributed by atoms with Gasteiger partial charge in [0.2, 0.25) is 0 Å². The molecule has 2 aromatic rings. The van der Waals surface area contributed by atoms with Gasteiger partial charge >= 0.3 is 0 Å². The number of nitrogens with zero attached hydrogens (tertiary/aromatic N) is 1. The Bertz CT molecular complexity index is 747. The van der Waals surface area contributed by atoms with E-state index in [1.807, 2.05) is 12.1 Å². The van der Waals surface area contributed by atoms with Crippen LogP contribution in [-0.2, 0) is 0 Å². The fourth-order valence-corrected chi connectivity index (χ4v) is 3.18. The van der Waals surface area contributed by atoms with E-state index < -0.39 is 5.82 Å². The van der Waals surface area contributed by atoms with Crippen molar-refractivity contribution < 1.29 is 9.18 Å². The van der Waals surface area contributed by atoms with Crippen LogP contribution in [-0.4, -0.2) is 18.5 Å². The Morgan fingerprint density at radius 3 is 2.83 bits per heavy atom. The molecule has 3 N–H and O–H groups in total. The summed E-state index contributed by atoms with van der Waals surface area (Å²) in [5, 5.41) is 2.89. The Morgan fingerprint density at radius 2 is 2.08 bits per heavy atom. The molecule has 3 rings (SSSR count). The molecule has 1 aliphatic rings. The van der Waals surface area contributed by atoms with Crippen LogP contribution in [0, 0.1) is 5.82 Å². The van der Waals surface area contributed by atoms with Crippen molar-refractivity contribution >= 4 is 23.0 Å². The van der Waals surface area contributed by atoms with Crippen LogP contribution in [0.1, 0.15) is 36.5 Å². The van der Waals surface area contributed by atoms with Gasteiger partial charge in [-0.3, -0.25) is 4.79 Å². The summed E-state index contributed by atoms with van der Waals surface area (Å²) in [5.41, 5.74) is 8.39. The Hall–Kier alpha value is -2.56. The molecule has 1 aliphatic heterocycles. The Labute approximate surface area is 141 Å². The van der Waals surface area contributed by atoms with Crippen molar-refractivity contribution in [2.45, 2.75) is 32.2 Å². The van der Waals surface area contributed by atoms with E-state index in [1.54, 1.807) is 12.1 Å². The lowest BCUT2D eigenvalue weighted by molar-refractivity contribution is 0.102. The summed E-state index contributed by atoms with van der Waals surface area (Å²) in [7, 11) is 0. The fourth-order valence-electron chi connectivity index (χ4n) is 3.18. The standard InChI is InChI=1S/C19H22FN3O/c1-13-5-2-3-10-23(13)18-9-8-16(21)12-17(18)22-19(24)14-6-4-7-15(20)11-14/h4,6-9,11-13H,2-3,5,10,21H2,1H3,(H,22,24)/t13-/m0/s1. The molecule has 0 unspecified atom stereocenters. The Kier molecular flexibility index (Phi) is 4.69. The predicted molar refractivity (Wildman–Crippen MR) is 95.9 cm³/mol. The number of anilines is 3. The molecule has 24 heavy (non-hydrogen) atoms. The number of amides is 1. The third-order valence-electron chi connectivity index (χ3n) is 4.47. The van der Waals surface area contributed by atoms with Crippen LogP contribution in [0.4, 0.5) is 21.5 Å². The van der Waals surface area contributed by atoms with Crippen molar-refractivity contribution in [1.29, 1.82) is 0 Å². The van der Waals surface area contributed by atoms with Crippen LogP contribution in [0.5, 0.6) is 0 Å². The largest absolute Gasteiger partial charge is 0.399 e. The minimum absolute atomic E-state index is 0.287. The molecule has 0 bridgehead atoms. The number of piperidine rings is 1. The summed E-state index contributed by atoms with van der Waals surface area (Å²) in [6, 6.07) is 11.6. The topological polar surface area (TPSA) is 58.4 Å². The third kappa shape index (κ3) is 3.50. The SMILES string of the molecule is C[C@H]1CCCCN1c1ccc(N)cc1NC(=O)c1cccc(F)c1. The molecule has 2 aromatic carbocycles. The van der Waals surface area contributed by atoms with Crippen LogP contribution in [0.15, 0.2) is 42.5 Å². The molecule has 0 aromatic heterocycles. The van der Waals surface area contributed by atoms with Gasteiger partial charge in [-0.1, -0.05) is 6.07 Å². The number of halogens is 1. The monoisotopic (exact) mass is 327 g/mol. The maximum atomic E-state index is 13.3. The van der Waals surface area contributed by atoms with Crippen molar-refractivity contribution in [1.82, 2.24) is 0 Å². The molecule has 1 heterocycles. The molecule has 4 nitrogen and oxygen atoms in total. The number of nitrogen functional groups attached to an aromatic ring is 1. The molecule has 1 amide bonds. The highest BCUT2D eigenvalue weighted by molar-refractivity contribution is 6.06. The second-order valence-corrected chi connectivity index (χ2v) is 6.28. The summed E-state index contributed by atoms with van der Waals surface area (Å²) in [6.07, 6.45) is 3.48. The van der Waals surface area contributed by atoms with E-state index in [2.05, 4.69) is 17.1 Å². The highest BCUT2D eigenvalue weighted by Crippen LogP contribution is 2.33. The second-order valence-electron chi connectivity index (χ2n) is 6.28. The lowest BCUT2D eigenvalue weighted by Crippen LogP contribution is -2.38. The molecule has 126 valence electrons. The Morgan fingerprint density at radius 1 is 1.25 bits per heavy atom. The molecule has 0 saturated carbocycles. The average Bonchev–Trinajstić information content (AvgIpc) is 2.56. The molecular weight excluding hydrogens is 305 g/mol. The average molecular weight is 327 g/mol. The van der Waals surface area contributed by atoms with Crippen LogP contribution in [0.2, 0.25) is 0 Å². The molecule has 0 spiro atoms. The van der Waals surface area contributed by atoms with Crippen LogP contribution < -0.4 is 16.0 Å². The number of carbonyl (C=O) groups is 1. The van der Waals surface area contributed by atoms with Gasteiger partial charge < -0.3 is 16.0 Å². The second kappa shape index (κ2) is 6.91. The lowest BCUT2D eigenvalue weighted by Gasteiger charge is -2.36. The van der Waals surface area contributed by atoms with Gasteiger partial charge in [-0.15, -0.1) is 0 Å². The molecule has 5 heteroatoms. The van der Waals surface area contributed by atoms with Crippen LogP contribution in [0.3, 0.4) is 0 Å². The van der Waals surface area contributed by atoms with Gasteiger partial charge in [0.1, 0.15) is 5.82 Å². The minimum atomic E-state index is -0.430. The fraction of sp³-hybridized carbons (Fsp3) is 0.316. The van der Waals surface area contributed by atoms with E-state index in [1.165, 1.54) is 24.6 Å². The lowest BCUT2D eigenvalue weighted by atomic mass is 10.0. The van der Waals surface area contributed by atoms with Gasteiger partial charge in [-0.2, -0.15) is 0 Å². The number of carbonyl (C=O) groups excluding carboxylic acids is 1. The number of nitrogens with two attached hydrogens (primary N) is 1. The zero-order valence-corrected chi connectivity index (χ0v) is 13.8. The van der Waals surface area contributed by atoms with E-state index >= 15 is 0 Å². The minimum Gasteiger partial charge on any atom is -0.399 e. The number of benzene rings is 2. The first-order valence-corrected chi connectivity index (χ1v) is 8.27. The van der Waals surface area contributed by atoms with Gasteiger partial charge in [-0.05, 0) is 62.6 Å². The zero-order chi connectivity index (χ0) is 17.1. The van der Waals surface area contributed by atoms with Crippen molar-refractivity contribution in [3.05, 3.63) is 53.8 Å². The van der Waals surface area contributed by atoms with E-state index in [9.17, 15) is 9.18 Å². The van der Waals surface area contributed by atoms with Crippen molar-refractivity contribution in [3.63, 3.8) is 0 Å². The molecule has 0 aliphatic carbocycles. The summed E-state index contributed by atoms with van der Waals surface area (Å²) >= 11 is 0. The number of nitrogens with one attached hydrogen (secondary N) is 1. The van der Waals surface area contributed by atoms with Gasteiger partial charge in [0.25, 0.3) is 5.91 Å². The highest BCUT2D eigenvalue weighted by Gasteiger charge is 2.22. The van der Waals surface area contributed by atoms with E-state index in [0.29, 0.717) is 17.4 Å². The van der Waals surface area contributed by atoms with Gasteiger partial charge in [0, 0.05) is 23.8 Å². The van der Waals surface area contributed by atoms with E-state index in [0.717, 1.165) is 25.1 Å². The smallest absolute Gasteiger partial charge is 0.255 e. The maximum Gasteiger partial charge on any atom is 0.255 e. The number of hydrogen-bond donors (Lipinski definition) is 2. The van der Waals surface area contributed by atoms with E-state index in [4.69, 9.17) is 5.73 Å².